The van der Waals surface area contributed by atoms with Gasteiger partial charge < -0.3 is 15.5 Å². The number of amides is 2. The van der Waals surface area contributed by atoms with Crippen molar-refractivity contribution in [3.8, 4) is 11.6 Å². The Balaban J connectivity index is 0.000000159. The molecule has 0 aliphatic carbocycles. The third kappa shape index (κ3) is 4.91. The van der Waals surface area contributed by atoms with Crippen LogP contribution in [-0.2, 0) is 25.9 Å². The Bertz CT molecular complexity index is 1520. The molecular weight excluding hydrogens is 506 g/mol. The predicted octanol–water partition coefficient (Wildman–Crippen LogP) is 3.08. The number of aromatic amines is 2. The number of hydrogen-bond acceptors (Lipinski definition) is 6. The van der Waals surface area contributed by atoms with Crippen molar-refractivity contribution in [1.82, 2.24) is 50.2 Å². The number of rotatable bonds is 3. The van der Waals surface area contributed by atoms with Crippen LogP contribution < -0.4 is 10.6 Å². The minimum atomic E-state index is -0.157. The van der Waals surface area contributed by atoms with E-state index in [1.54, 1.807) is 44.9 Å². The van der Waals surface area contributed by atoms with Crippen LogP contribution in [0, 0.1) is 0 Å². The molecule has 0 saturated heterocycles. The summed E-state index contributed by atoms with van der Waals surface area (Å²) >= 11 is 5.96. The monoisotopic (exact) mass is 531 g/mol. The number of H-pyrrole nitrogens is 2. The molecule has 0 unspecified atom stereocenters. The predicted molar refractivity (Wildman–Crippen MR) is 141 cm³/mol. The number of carbonyl (C=O) groups excluding carboxylic acids is 1. The molecule has 0 saturated carbocycles. The van der Waals surface area contributed by atoms with Gasteiger partial charge in [0, 0.05) is 90.5 Å². The number of urea groups is 1. The minimum absolute atomic E-state index is 0.157. The summed E-state index contributed by atoms with van der Waals surface area (Å²) in [4.78, 5) is 14.3. The summed E-state index contributed by atoms with van der Waals surface area (Å²) in [5.74, 6) is 1.65. The van der Waals surface area contributed by atoms with Crippen molar-refractivity contribution in [2.45, 2.75) is 25.9 Å². The van der Waals surface area contributed by atoms with E-state index in [2.05, 4.69) is 41.2 Å². The van der Waals surface area contributed by atoms with Crippen LogP contribution in [0.4, 0.5) is 10.5 Å². The summed E-state index contributed by atoms with van der Waals surface area (Å²) < 4.78 is 3.50. The Morgan fingerprint density at radius 2 is 1.63 bits per heavy atom. The zero-order valence-electron chi connectivity index (χ0n) is 20.4. The molecule has 2 aliphatic heterocycles. The van der Waals surface area contributed by atoms with Crippen molar-refractivity contribution >= 4 is 23.3 Å². The molecule has 38 heavy (non-hydrogen) atoms. The number of benzene rings is 1. The number of fused-ring (bicyclic) bond motifs is 2. The van der Waals surface area contributed by atoms with Crippen LogP contribution in [0.1, 0.15) is 22.5 Å². The number of aromatic nitrogens is 8. The van der Waals surface area contributed by atoms with E-state index in [1.807, 2.05) is 30.6 Å². The lowest BCUT2D eigenvalue weighted by molar-refractivity contribution is 0.206. The van der Waals surface area contributed by atoms with Crippen LogP contribution in [0.5, 0.6) is 0 Å². The molecule has 12 nitrogen and oxygen atoms in total. The van der Waals surface area contributed by atoms with Crippen LogP contribution in [0.25, 0.3) is 11.6 Å². The average Bonchev–Trinajstić information content (AvgIpc) is 3.74. The fraction of sp³-hybridized carbons (Fsp3) is 0.240. The van der Waals surface area contributed by atoms with Crippen molar-refractivity contribution in [2.24, 2.45) is 0 Å². The third-order valence-corrected chi connectivity index (χ3v) is 6.74. The maximum absolute atomic E-state index is 12.5. The highest BCUT2D eigenvalue weighted by molar-refractivity contribution is 6.30. The van der Waals surface area contributed by atoms with Gasteiger partial charge in [-0.15, -0.1) is 0 Å². The normalized spacial score (nSPS) is 14.3. The number of anilines is 1. The Labute approximate surface area is 223 Å². The van der Waals surface area contributed by atoms with E-state index < -0.39 is 0 Å². The molecular formula is C25H26ClN11O. The second-order valence-corrected chi connectivity index (χ2v) is 9.39. The molecule has 0 fully saturated rings. The number of nitrogens with one attached hydrogen (secondary N) is 4. The van der Waals surface area contributed by atoms with Crippen molar-refractivity contribution in [2.75, 3.05) is 18.4 Å². The van der Waals surface area contributed by atoms with Crippen molar-refractivity contribution < 1.29 is 4.79 Å². The average molecular weight is 532 g/mol. The standard InChI is InChI=1S/C16H15ClN6O.C9H11N5/c17-11-3-1-4-12(9-11)19-16(24)22-8-5-14-13(10-22)15(21-20-14)23-7-2-6-18-23;1-3-11-14(5-1)9-7-6-10-4-2-8(7)12-13-9/h1-4,6-7,9H,5,8,10H2,(H,19,24)(H,20,21);1,3,5,10H,2,4,6H2,(H,12,13). The lowest BCUT2D eigenvalue weighted by Crippen LogP contribution is -2.39. The van der Waals surface area contributed by atoms with E-state index in [0.717, 1.165) is 48.8 Å². The second kappa shape index (κ2) is 10.5. The molecule has 0 bridgehead atoms. The number of carbonyl (C=O) groups is 1. The fourth-order valence-corrected chi connectivity index (χ4v) is 4.79. The molecule has 2 amide bonds. The number of halogens is 1. The highest BCUT2D eigenvalue weighted by Gasteiger charge is 2.26. The fourth-order valence-electron chi connectivity index (χ4n) is 4.60. The van der Waals surface area contributed by atoms with Gasteiger partial charge in [-0.25, -0.2) is 14.2 Å². The van der Waals surface area contributed by atoms with Crippen molar-refractivity contribution in [3.63, 3.8) is 0 Å². The molecule has 0 spiro atoms. The summed E-state index contributed by atoms with van der Waals surface area (Å²) in [6, 6.07) is 10.7. The molecule has 0 radical (unpaired) electrons. The molecule has 1 aromatic carbocycles. The van der Waals surface area contributed by atoms with Crippen molar-refractivity contribution in [3.05, 3.63) is 88.7 Å². The van der Waals surface area contributed by atoms with E-state index >= 15 is 0 Å². The second-order valence-electron chi connectivity index (χ2n) is 8.95. The van der Waals surface area contributed by atoms with Crippen LogP contribution in [0.3, 0.4) is 0 Å². The van der Waals surface area contributed by atoms with Gasteiger partial charge in [0.25, 0.3) is 0 Å². The van der Waals surface area contributed by atoms with Gasteiger partial charge in [-0.2, -0.15) is 20.4 Å². The van der Waals surface area contributed by atoms with E-state index in [1.165, 1.54) is 11.3 Å². The van der Waals surface area contributed by atoms with E-state index in [-0.39, 0.29) is 6.03 Å². The SMILES string of the molecule is O=C(Nc1cccc(Cl)c1)N1CCc2[nH]nc(-n3cccn3)c2C1.c1cnn(-c2n[nH]c3c2CNCC3)c1. The van der Waals surface area contributed by atoms with Gasteiger partial charge in [0.1, 0.15) is 0 Å². The van der Waals surface area contributed by atoms with E-state index in [0.29, 0.717) is 23.8 Å². The lowest BCUT2D eigenvalue weighted by atomic mass is 10.1. The van der Waals surface area contributed by atoms with Crippen LogP contribution in [0.2, 0.25) is 5.02 Å². The molecule has 4 N–H and O–H groups in total. The van der Waals surface area contributed by atoms with E-state index in [9.17, 15) is 4.79 Å². The zero-order valence-corrected chi connectivity index (χ0v) is 21.2. The van der Waals surface area contributed by atoms with Crippen LogP contribution >= 0.6 is 11.6 Å². The lowest BCUT2D eigenvalue weighted by Gasteiger charge is -2.27. The van der Waals surface area contributed by atoms with Gasteiger partial charge >= 0.3 is 6.03 Å². The summed E-state index contributed by atoms with van der Waals surface area (Å²) in [5, 5.41) is 29.9. The van der Waals surface area contributed by atoms with Gasteiger partial charge in [0.15, 0.2) is 11.6 Å². The zero-order chi connectivity index (χ0) is 25.9. The molecule has 6 heterocycles. The van der Waals surface area contributed by atoms with Gasteiger partial charge in [-0.05, 0) is 30.3 Å². The Morgan fingerprint density at radius 3 is 2.32 bits per heavy atom. The van der Waals surface area contributed by atoms with Crippen LogP contribution in [0.15, 0.2) is 61.2 Å². The number of hydrogen-bond donors (Lipinski definition) is 4. The highest BCUT2D eigenvalue weighted by Crippen LogP contribution is 2.24. The maximum Gasteiger partial charge on any atom is 0.322 e. The van der Waals surface area contributed by atoms with Gasteiger partial charge in [0.2, 0.25) is 0 Å². The molecule has 4 aromatic heterocycles. The molecule has 194 valence electrons. The molecule has 0 atom stereocenters. The molecule has 5 aromatic rings. The topological polar surface area (TPSA) is 137 Å². The van der Waals surface area contributed by atoms with Gasteiger partial charge in [0.05, 0.1) is 6.54 Å². The minimum Gasteiger partial charge on any atom is -0.320 e. The van der Waals surface area contributed by atoms with Crippen molar-refractivity contribution in [1.29, 1.82) is 0 Å². The van der Waals surface area contributed by atoms with Gasteiger partial charge in [-0.3, -0.25) is 10.2 Å². The first-order valence-corrected chi connectivity index (χ1v) is 12.7. The first-order chi connectivity index (χ1) is 18.7. The quantitative estimate of drug-likeness (QED) is 0.282. The molecule has 13 heteroatoms. The smallest absolute Gasteiger partial charge is 0.320 e. The summed E-state index contributed by atoms with van der Waals surface area (Å²) in [5.41, 5.74) is 5.19. The Morgan fingerprint density at radius 1 is 0.921 bits per heavy atom. The van der Waals surface area contributed by atoms with Crippen LogP contribution in [-0.4, -0.2) is 64.0 Å². The van der Waals surface area contributed by atoms with E-state index in [4.69, 9.17) is 11.6 Å². The Kier molecular flexibility index (Phi) is 6.63. The molecule has 2 aliphatic rings. The number of nitrogens with zero attached hydrogens (tertiary/aromatic N) is 7. The Hall–Kier alpha value is -4.42. The first-order valence-electron chi connectivity index (χ1n) is 12.3. The first kappa shape index (κ1) is 23.9. The molecule has 7 rings (SSSR count). The maximum atomic E-state index is 12.5. The third-order valence-electron chi connectivity index (χ3n) is 6.50. The van der Waals surface area contributed by atoms with Gasteiger partial charge in [-0.1, -0.05) is 17.7 Å². The summed E-state index contributed by atoms with van der Waals surface area (Å²) in [7, 11) is 0. The highest BCUT2D eigenvalue weighted by atomic mass is 35.5. The summed E-state index contributed by atoms with van der Waals surface area (Å²) in [6.07, 6.45) is 8.95. The summed E-state index contributed by atoms with van der Waals surface area (Å²) in [6.45, 7) is 3.00. The largest absolute Gasteiger partial charge is 0.322 e.